The molecule has 0 bridgehead atoms. The summed E-state index contributed by atoms with van der Waals surface area (Å²) in [5.41, 5.74) is 12.2. The summed E-state index contributed by atoms with van der Waals surface area (Å²) in [5.74, 6) is 0.0480. The van der Waals surface area contributed by atoms with E-state index in [-0.39, 0.29) is 5.11 Å². The Labute approximate surface area is 198 Å². The molecule has 0 aliphatic carbocycles. The largest absolute Gasteiger partial charge is 0.478 e. The van der Waals surface area contributed by atoms with E-state index >= 15 is 0 Å². The van der Waals surface area contributed by atoms with Gasteiger partial charge in [-0.25, -0.2) is 9.78 Å². The molecule has 7 heteroatoms. The second-order valence-corrected chi connectivity index (χ2v) is 8.45. The van der Waals surface area contributed by atoms with Crippen LogP contribution in [0.3, 0.4) is 0 Å². The first-order valence-electron chi connectivity index (χ1n) is 10.9. The van der Waals surface area contributed by atoms with E-state index in [0.29, 0.717) is 11.1 Å². The Kier molecular flexibility index (Phi) is 6.42. The van der Waals surface area contributed by atoms with Gasteiger partial charge in [0.1, 0.15) is 5.82 Å². The van der Waals surface area contributed by atoms with Gasteiger partial charge in [0.2, 0.25) is 0 Å². The van der Waals surface area contributed by atoms with E-state index in [1.54, 1.807) is 12.1 Å². The van der Waals surface area contributed by atoms with E-state index in [9.17, 15) is 9.90 Å². The summed E-state index contributed by atoms with van der Waals surface area (Å²) in [6.45, 7) is 4.16. The van der Waals surface area contributed by atoms with Gasteiger partial charge in [-0.05, 0) is 78.7 Å². The van der Waals surface area contributed by atoms with Crippen LogP contribution in [0, 0.1) is 6.92 Å². The number of nitrogens with two attached hydrogens (primary N) is 1. The summed E-state index contributed by atoms with van der Waals surface area (Å²) in [7, 11) is 0. The fourth-order valence-corrected chi connectivity index (χ4v) is 4.25. The molecule has 0 aliphatic heterocycles. The average Bonchev–Trinajstić information content (AvgIpc) is 3.14. The lowest BCUT2D eigenvalue weighted by atomic mass is 9.95. The van der Waals surface area contributed by atoms with E-state index in [2.05, 4.69) is 22.9 Å². The van der Waals surface area contributed by atoms with Crippen LogP contribution in [0.1, 0.15) is 41.5 Å². The molecule has 4 N–H and O–H groups in total. The van der Waals surface area contributed by atoms with Gasteiger partial charge in [-0.1, -0.05) is 37.6 Å². The number of aromatic nitrogens is 2. The maximum Gasteiger partial charge on any atom is 0.336 e. The lowest BCUT2D eigenvalue weighted by molar-refractivity contribution is 0.0697. The maximum atomic E-state index is 11.7. The fourth-order valence-electron chi connectivity index (χ4n) is 4.13. The van der Waals surface area contributed by atoms with Crippen LogP contribution in [-0.2, 0) is 6.42 Å². The lowest BCUT2D eigenvalue weighted by Crippen LogP contribution is -2.18. The molecule has 0 saturated heterocycles. The minimum atomic E-state index is -0.936. The van der Waals surface area contributed by atoms with E-state index in [4.69, 9.17) is 22.9 Å². The van der Waals surface area contributed by atoms with Crippen LogP contribution < -0.4 is 11.1 Å². The number of thiocarbonyl (C=S) groups is 1. The molecule has 33 heavy (non-hydrogen) atoms. The van der Waals surface area contributed by atoms with Gasteiger partial charge in [-0.15, -0.1) is 0 Å². The van der Waals surface area contributed by atoms with Crippen molar-refractivity contribution in [1.29, 1.82) is 0 Å². The number of benzene rings is 3. The number of carboxylic acids is 1. The zero-order valence-electron chi connectivity index (χ0n) is 18.6. The van der Waals surface area contributed by atoms with Crippen LogP contribution >= 0.6 is 12.2 Å². The van der Waals surface area contributed by atoms with Crippen molar-refractivity contribution in [2.24, 2.45) is 5.73 Å². The summed E-state index contributed by atoms with van der Waals surface area (Å²) >= 11 is 5.00. The van der Waals surface area contributed by atoms with Gasteiger partial charge in [0, 0.05) is 17.8 Å². The Hall–Kier alpha value is -3.71. The van der Waals surface area contributed by atoms with Crippen molar-refractivity contribution in [1.82, 2.24) is 9.55 Å². The molecule has 168 valence electrons. The Morgan fingerprint density at radius 2 is 1.91 bits per heavy atom. The number of fused-ring (bicyclic) bond motifs is 1. The topological polar surface area (TPSA) is 93.2 Å². The molecular formula is C26H26N4O2S. The van der Waals surface area contributed by atoms with Crippen molar-refractivity contribution in [2.45, 2.75) is 33.1 Å². The fraction of sp³-hybridized carbons (Fsp3) is 0.192. The van der Waals surface area contributed by atoms with Crippen LogP contribution in [0.25, 0.3) is 27.8 Å². The number of nitrogens with one attached hydrogen (secondary N) is 1. The number of imidazole rings is 1. The van der Waals surface area contributed by atoms with Crippen LogP contribution in [0.15, 0.2) is 60.7 Å². The smallest absolute Gasteiger partial charge is 0.336 e. The third kappa shape index (κ3) is 4.59. The van der Waals surface area contributed by atoms with Gasteiger partial charge in [0.05, 0.1) is 16.6 Å². The first kappa shape index (κ1) is 22.5. The molecule has 0 spiro atoms. The minimum Gasteiger partial charge on any atom is -0.478 e. The Morgan fingerprint density at radius 1 is 1.12 bits per heavy atom. The van der Waals surface area contributed by atoms with Crippen molar-refractivity contribution in [2.75, 3.05) is 5.32 Å². The number of hydrogen-bond acceptors (Lipinski definition) is 3. The predicted molar refractivity (Wildman–Crippen MR) is 137 cm³/mol. The highest BCUT2D eigenvalue weighted by Gasteiger charge is 2.16. The lowest BCUT2D eigenvalue weighted by Gasteiger charge is -2.14. The highest BCUT2D eigenvalue weighted by Crippen LogP contribution is 2.31. The molecule has 4 aromatic rings. The van der Waals surface area contributed by atoms with Gasteiger partial charge >= 0.3 is 5.97 Å². The molecule has 6 nitrogen and oxygen atoms in total. The zero-order valence-corrected chi connectivity index (χ0v) is 19.4. The highest BCUT2D eigenvalue weighted by molar-refractivity contribution is 7.80. The number of carbonyl (C=O) groups is 1. The Bertz CT molecular complexity index is 1360. The molecular weight excluding hydrogens is 432 g/mol. The number of aromatic carboxylic acids is 1. The van der Waals surface area contributed by atoms with E-state index in [1.807, 2.05) is 49.4 Å². The van der Waals surface area contributed by atoms with Crippen LogP contribution in [0.2, 0.25) is 0 Å². The van der Waals surface area contributed by atoms with Gasteiger partial charge in [-0.2, -0.15) is 0 Å². The van der Waals surface area contributed by atoms with Crippen LogP contribution in [0.4, 0.5) is 5.69 Å². The van der Waals surface area contributed by atoms with Crippen molar-refractivity contribution < 1.29 is 9.90 Å². The van der Waals surface area contributed by atoms with Crippen molar-refractivity contribution in [3.05, 3.63) is 77.6 Å². The molecule has 0 amide bonds. The van der Waals surface area contributed by atoms with Crippen molar-refractivity contribution >= 4 is 40.0 Å². The molecule has 0 atom stereocenters. The molecule has 0 unspecified atom stereocenters. The average molecular weight is 459 g/mol. The monoisotopic (exact) mass is 458 g/mol. The number of unbranched alkanes of at least 4 members (excludes halogenated alkanes) is 1. The number of rotatable bonds is 7. The van der Waals surface area contributed by atoms with Crippen LogP contribution in [0.5, 0.6) is 0 Å². The molecule has 1 heterocycles. The standard InChI is InChI=1S/C26H26N4O2S/c1-3-4-9-24-29-22-13-10-17(28-26(27)33)15-23(22)30(24)18-11-12-19(16(2)14-18)20-7-5-6-8-21(20)25(31)32/h5-8,10-15H,3-4,9H2,1-2H3,(H,31,32)(H3,27,28,33). The van der Waals surface area contributed by atoms with Gasteiger partial charge < -0.3 is 16.2 Å². The molecule has 0 saturated carbocycles. The molecule has 0 aliphatic rings. The predicted octanol–water partition coefficient (Wildman–Crippen LogP) is 5.70. The second-order valence-electron chi connectivity index (χ2n) is 8.01. The van der Waals surface area contributed by atoms with Crippen molar-refractivity contribution in [3.8, 4) is 16.8 Å². The van der Waals surface area contributed by atoms with Gasteiger partial charge in [0.15, 0.2) is 5.11 Å². The molecule has 4 rings (SSSR count). The number of aryl methyl sites for hydroxylation is 2. The van der Waals surface area contributed by atoms with Crippen molar-refractivity contribution in [3.63, 3.8) is 0 Å². The minimum absolute atomic E-state index is 0.212. The maximum absolute atomic E-state index is 11.7. The summed E-state index contributed by atoms with van der Waals surface area (Å²) in [6, 6.07) is 19.0. The third-order valence-corrected chi connectivity index (χ3v) is 5.76. The zero-order chi connectivity index (χ0) is 23.5. The molecule has 0 fully saturated rings. The number of anilines is 1. The third-order valence-electron chi connectivity index (χ3n) is 5.66. The molecule has 0 radical (unpaired) electrons. The quantitative estimate of drug-likeness (QED) is 0.308. The van der Waals surface area contributed by atoms with E-state index in [0.717, 1.165) is 58.6 Å². The molecule has 3 aromatic carbocycles. The Balaban J connectivity index is 1.86. The summed E-state index contributed by atoms with van der Waals surface area (Å²) < 4.78 is 2.16. The highest BCUT2D eigenvalue weighted by atomic mass is 32.1. The number of carboxylic acid groups (broad SMARTS) is 1. The van der Waals surface area contributed by atoms with Gasteiger partial charge in [-0.3, -0.25) is 4.57 Å². The summed E-state index contributed by atoms with van der Waals surface area (Å²) in [4.78, 5) is 16.6. The normalized spacial score (nSPS) is 11.0. The van der Waals surface area contributed by atoms with Gasteiger partial charge in [0.25, 0.3) is 0 Å². The second kappa shape index (κ2) is 9.42. The SMILES string of the molecule is CCCCc1nc2ccc(NC(N)=S)cc2n1-c1ccc(-c2ccccc2C(=O)O)c(C)c1. The van der Waals surface area contributed by atoms with E-state index in [1.165, 1.54) is 0 Å². The summed E-state index contributed by atoms with van der Waals surface area (Å²) in [5, 5.41) is 12.8. The van der Waals surface area contributed by atoms with E-state index < -0.39 is 5.97 Å². The first-order chi connectivity index (χ1) is 15.9. The molecule has 1 aromatic heterocycles. The first-order valence-corrected chi connectivity index (χ1v) is 11.3. The number of nitrogens with zero attached hydrogens (tertiary/aromatic N) is 2. The van der Waals surface area contributed by atoms with Crippen LogP contribution in [-0.4, -0.2) is 25.7 Å². The summed E-state index contributed by atoms with van der Waals surface area (Å²) in [6.07, 6.45) is 2.96. The Morgan fingerprint density at radius 3 is 2.61 bits per heavy atom. The number of hydrogen-bond donors (Lipinski definition) is 3.